The summed E-state index contributed by atoms with van der Waals surface area (Å²) in [6, 6.07) is 8.54. The molecule has 1 heterocycles. The van der Waals surface area contributed by atoms with Crippen LogP contribution in [0.1, 0.15) is 37.8 Å². The van der Waals surface area contributed by atoms with Crippen molar-refractivity contribution in [2.75, 3.05) is 26.8 Å². The van der Waals surface area contributed by atoms with E-state index < -0.39 is 0 Å². The third-order valence-corrected chi connectivity index (χ3v) is 4.44. The van der Waals surface area contributed by atoms with Crippen LogP contribution in [0.25, 0.3) is 0 Å². The van der Waals surface area contributed by atoms with Gasteiger partial charge in [0.2, 0.25) is 0 Å². The molecule has 2 rings (SSSR count). The van der Waals surface area contributed by atoms with Crippen molar-refractivity contribution in [1.82, 2.24) is 4.90 Å². The molecule has 0 spiro atoms. The van der Waals surface area contributed by atoms with Gasteiger partial charge in [-0.3, -0.25) is 4.90 Å². The maximum atomic E-state index is 9.17. The summed E-state index contributed by atoms with van der Waals surface area (Å²) in [6.45, 7) is 4.47. The van der Waals surface area contributed by atoms with Crippen LogP contribution in [-0.2, 0) is 0 Å². The van der Waals surface area contributed by atoms with Crippen molar-refractivity contribution in [3.8, 4) is 5.75 Å². The molecule has 1 aliphatic rings. The van der Waals surface area contributed by atoms with E-state index in [-0.39, 0.29) is 18.7 Å². The highest BCUT2D eigenvalue weighted by atomic mass is 16.5. The van der Waals surface area contributed by atoms with Crippen LogP contribution in [0, 0.1) is 5.92 Å². The van der Waals surface area contributed by atoms with E-state index in [2.05, 4.69) is 24.0 Å². The number of aliphatic hydroxyl groups is 1. The van der Waals surface area contributed by atoms with Gasteiger partial charge in [-0.1, -0.05) is 12.1 Å². The molecule has 0 radical (unpaired) electrons. The minimum Gasteiger partial charge on any atom is -0.497 e. The normalized spacial score (nSPS) is 22.8. The molecule has 0 aliphatic carbocycles. The second kappa shape index (κ2) is 7.78. The van der Waals surface area contributed by atoms with E-state index in [1.165, 1.54) is 18.4 Å². The van der Waals surface area contributed by atoms with Gasteiger partial charge >= 0.3 is 0 Å². The van der Waals surface area contributed by atoms with Gasteiger partial charge in [-0.2, -0.15) is 0 Å². The van der Waals surface area contributed by atoms with Crippen LogP contribution in [0.3, 0.4) is 0 Å². The molecule has 3 atom stereocenters. The van der Waals surface area contributed by atoms with Crippen molar-refractivity contribution in [1.29, 1.82) is 0 Å². The SMILES string of the molecule is COc1ccc(C(C(C)N)N2CCCC(CCO)C2)cc1. The zero-order chi connectivity index (χ0) is 15.2. The van der Waals surface area contributed by atoms with Crippen molar-refractivity contribution in [3.05, 3.63) is 29.8 Å². The summed E-state index contributed by atoms with van der Waals surface area (Å²) in [6.07, 6.45) is 3.29. The topological polar surface area (TPSA) is 58.7 Å². The van der Waals surface area contributed by atoms with E-state index in [0.29, 0.717) is 5.92 Å². The van der Waals surface area contributed by atoms with Crippen LogP contribution in [0.2, 0.25) is 0 Å². The van der Waals surface area contributed by atoms with Crippen molar-refractivity contribution >= 4 is 0 Å². The van der Waals surface area contributed by atoms with Crippen LogP contribution in [0.5, 0.6) is 5.75 Å². The lowest BCUT2D eigenvalue weighted by atomic mass is 9.90. The number of nitrogens with zero attached hydrogens (tertiary/aromatic N) is 1. The lowest BCUT2D eigenvalue weighted by molar-refractivity contribution is 0.0967. The second-order valence-corrected chi connectivity index (χ2v) is 6.09. The number of ether oxygens (including phenoxy) is 1. The molecule has 0 saturated carbocycles. The van der Waals surface area contributed by atoms with Gasteiger partial charge in [-0.15, -0.1) is 0 Å². The van der Waals surface area contributed by atoms with Crippen LogP contribution in [-0.4, -0.2) is 42.9 Å². The summed E-state index contributed by atoms with van der Waals surface area (Å²) in [5.41, 5.74) is 7.51. The van der Waals surface area contributed by atoms with Gasteiger partial charge in [0.25, 0.3) is 0 Å². The molecule has 0 aromatic heterocycles. The van der Waals surface area contributed by atoms with E-state index in [1.807, 2.05) is 12.1 Å². The van der Waals surface area contributed by atoms with Gasteiger partial charge in [-0.25, -0.2) is 0 Å². The number of rotatable bonds is 6. The third kappa shape index (κ3) is 4.19. The average molecular weight is 292 g/mol. The van der Waals surface area contributed by atoms with Crippen LogP contribution >= 0.6 is 0 Å². The highest BCUT2D eigenvalue weighted by Gasteiger charge is 2.28. The molecule has 3 N–H and O–H groups in total. The molecule has 4 nitrogen and oxygen atoms in total. The summed E-state index contributed by atoms with van der Waals surface area (Å²) >= 11 is 0. The first-order chi connectivity index (χ1) is 10.2. The Hall–Kier alpha value is -1.10. The summed E-state index contributed by atoms with van der Waals surface area (Å²) < 4.78 is 5.23. The number of hydrogen-bond acceptors (Lipinski definition) is 4. The molecule has 0 amide bonds. The Morgan fingerprint density at radius 3 is 2.67 bits per heavy atom. The number of nitrogens with two attached hydrogens (primary N) is 1. The Morgan fingerprint density at radius 1 is 1.38 bits per heavy atom. The quantitative estimate of drug-likeness (QED) is 0.844. The van der Waals surface area contributed by atoms with Crippen LogP contribution < -0.4 is 10.5 Å². The maximum Gasteiger partial charge on any atom is 0.118 e. The predicted octanol–water partition coefficient (Wildman–Crippen LogP) is 2.18. The van der Waals surface area contributed by atoms with Gasteiger partial charge in [0, 0.05) is 25.2 Å². The molecule has 1 aliphatic heterocycles. The number of aliphatic hydroxyl groups excluding tert-OH is 1. The largest absolute Gasteiger partial charge is 0.497 e. The van der Waals surface area contributed by atoms with Crippen molar-refractivity contribution in [2.24, 2.45) is 11.7 Å². The fraction of sp³-hybridized carbons (Fsp3) is 0.647. The standard InChI is InChI=1S/C17H28N2O2/c1-13(18)17(15-5-7-16(21-2)8-6-15)19-10-3-4-14(12-19)9-11-20/h5-8,13-14,17,20H,3-4,9-12,18H2,1-2H3. The highest BCUT2D eigenvalue weighted by molar-refractivity contribution is 5.30. The van der Waals surface area contributed by atoms with Gasteiger partial charge < -0.3 is 15.6 Å². The molecular weight excluding hydrogens is 264 g/mol. The lowest BCUT2D eigenvalue weighted by Crippen LogP contribution is -2.44. The average Bonchev–Trinajstić information content (AvgIpc) is 2.48. The third-order valence-electron chi connectivity index (χ3n) is 4.44. The van der Waals surface area contributed by atoms with E-state index in [4.69, 9.17) is 10.5 Å². The van der Waals surface area contributed by atoms with Crippen molar-refractivity contribution < 1.29 is 9.84 Å². The van der Waals surface area contributed by atoms with Crippen molar-refractivity contribution in [2.45, 2.75) is 38.3 Å². The molecule has 118 valence electrons. The summed E-state index contributed by atoms with van der Waals surface area (Å²) in [7, 11) is 1.68. The minimum absolute atomic E-state index is 0.0753. The Labute approximate surface area is 127 Å². The van der Waals surface area contributed by atoms with Crippen LogP contribution in [0.15, 0.2) is 24.3 Å². The molecular formula is C17H28N2O2. The highest BCUT2D eigenvalue weighted by Crippen LogP contribution is 2.30. The fourth-order valence-electron chi connectivity index (χ4n) is 3.42. The molecule has 1 aromatic carbocycles. The summed E-state index contributed by atoms with van der Waals surface area (Å²) in [4.78, 5) is 2.48. The van der Waals surface area contributed by atoms with Gasteiger partial charge in [0.1, 0.15) is 5.75 Å². The monoisotopic (exact) mass is 292 g/mol. The molecule has 0 bridgehead atoms. The van der Waals surface area contributed by atoms with Crippen LogP contribution in [0.4, 0.5) is 0 Å². The number of likely N-dealkylation sites (tertiary alicyclic amines) is 1. The van der Waals surface area contributed by atoms with Gasteiger partial charge in [-0.05, 0) is 56.3 Å². The first kappa shape index (κ1) is 16.3. The lowest BCUT2D eigenvalue weighted by Gasteiger charge is -2.40. The Balaban J connectivity index is 2.13. The minimum atomic E-state index is 0.0753. The fourth-order valence-corrected chi connectivity index (χ4v) is 3.42. The van der Waals surface area contributed by atoms with E-state index in [9.17, 15) is 5.11 Å². The smallest absolute Gasteiger partial charge is 0.118 e. The molecule has 3 unspecified atom stereocenters. The molecule has 21 heavy (non-hydrogen) atoms. The Bertz CT molecular complexity index is 417. The van der Waals surface area contributed by atoms with E-state index in [1.54, 1.807) is 7.11 Å². The summed E-state index contributed by atoms with van der Waals surface area (Å²) in [5.74, 6) is 1.46. The zero-order valence-electron chi connectivity index (χ0n) is 13.2. The zero-order valence-corrected chi connectivity index (χ0v) is 13.2. The first-order valence-corrected chi connectivity index (χ1v) is 7.90. The molecule has 1 aromatic rings. The molecule has 1 fully saturated rings. The number of piperidine rings is 1. The Morgan fingerprint density at radius 2 is 2.10 bits per heavy atom. The molecule has 4 heteroatoms. The number of methoxy groups -OCH3 is 1. The summed E-state index contributed by atoms with van der Waals surface area (Å²) in [5, 5.41) is 9.17. The molecule has 1 saturated heterocycles. The van der Waals surface area contributed by atoms with Crippen molar-refractivity contribution in [3.63, 3.8) is 0 Å². The second-order valence-electron chi connectivity index (χ2n) is 6.09. The van der Waals surface area contributed by atoms with E-state index >= 15 is 0 Å². The number of hydrogen-bond donors (Lipinski definition) is 2. The van der Waals surface area contributed by atoms with Gasteiger partial charge in [0.05, 0.1) is 7.11 Å². The Kier molecular flexibility index (Phi) is 6.03. The predicted molar refractivity (Wildman–Crippen MR) is 85.4 cm³/mol. The number of benzene rings is 1. The maximum absolute atomic E-state index is 9.17. The van der Waals surface area contributed by atoms with Gasteiger partial charge in [0.15, 0.2) is 0 Å². The first-order valence-electron chi connectivity index (χ1n) is 7.90. The van der Waals surface area contributed by atoms with E-state index in [0.717, 1.165) is 25.3 Å².